The zero-order valence-electron chi connectivity index (χ0n) is 22.8. The van der Waals surface area contributed by atoms with Crippen molar-refractivity contribution < 1.29 is 9.59 Å². The molecule has 0 saturated carbocycles. The fourth-order valence-electron chi connectivity index (χ4n) is 5.76. The number of nitrogens with zero attached hydrogens (tertiary/aromatic N) is 2. The molecule has 0 aliphatic carbocycles. The van der Waals surface area contributed by atoms with E-state index in [0.29, 0.717) is 6.54 Å². The second-order valence-corrected chi connectivity index (χ2v) is 10.7. The Bertz CT molecular complexity index is 1140. The number of piperidine rings is 1. The first kappa shape index (κ1) is 27.6. The van der Waals surface area contributed by atoms with Gasteiger partial charge < -0.3 is 15.1 Å². The number of carbonyl (C=O) groups is 2. The standard InChI is InChI=1S/C33H41N3O2/c1-27(37)34-33(31-18-10-5-11-19-31)20-23-36(24-21-33)22-12-17-30(25-28-13-6-3-7-14-28)32(38)35(2)26-29-15-8-4-9-16-29/h3-11,13-16,18-19,30H,12,17,20-26H2,1-2H3,(H,34,37). The molecular weight excluding hydrogens is 470 g/mol. The maximum atomic E-state index is 13.6. The van der Waals surface area contributed by atoms with Gasteiger partial charge in [-0.3, -0.25) is 9.59 Å². The minimum absolute atomic E-state index is 0.0178. The van der Waals surface area contributed by atoms with Gasteiger partial charge in [0.15, 0.2) is 0 Å². The Morgan fingerprint density at radius 2 is 1.42 bits per heavy atom. The Kier molecular flexibility index (Phi) is 9.72. The minimum Gasteiger partial charge on any atom is -0.347 e. The van der Waals surface area contributed by atoms with Crippen molar-refractivity contribution in [1.29, 1.82) is 0 Å². The summed E-state index contributed by atoms with van der Waals surface area (Å²) in [5, 5.41) is 3.27. The molecule has 5 heteroatoms. The van der Waals surface area contributed by atoms with Crippen molar-refractivity contribution in [2.24, 2.45) is 5.92 Å². The van der Waals surface area contributed by atoms with Crippen LogP contribution >= 0.6 is 0 Å². The molecule has 0 spiro atoms. The summed E-state index contributed by atoms with van der Waals surface area (Å²) in [6.07, 6.45) is 4.38. The predicted octanol–water partition coefficient (Wildman–Crippen LogP) is 5.41. The van der Waals surface area contributed by atoms with Gasteiger partial charge in [0.2, 0.25) is 11.8 Å². The molecule has 0 aromatic heterocycles. The second kappa shape index (κ2) is 13.4. The van der Waals surface area contributed by atoms with E-state index >= 15 is 0 Å². The lowest BCUT2D eigenvalue weighted by Crippen LogP contribution is -2.52. The highest BCUT2D eigenvalue weighted by molar-refractivity contribution is 5.79. The molecule has 1 fully saturated rings. The highest BCUT2D eigenvalue weighted by Crippen LogP contribution is 2.33. The van der Waals surface area contributed by atoms with Crippen LogP contribution in [0, 0.1) is 5.92 Å². The third kappa shape index (κ3) is 7.55. The van der Waals surface area contributed by atoms with Crippen LogP contribution in [0.15, 0.2) is 91.0 Å². The molecule has 38 heavy (non-hydrogen) atoms. The summed E-state index contributed by atoms with van der Waals surface area (Å²) in [5.41, 5.74) is 3.25. The number of likely N-dealkylation sites (tertiary alicyclic amines) is 1. The highest BCUT2D eigenvalue weighted by atomic mass is 16.2. The molecule has 5 nitrogen and oxygen atoms in total. The van der Waals surface area contributed by atoms with Crippen LogP contribution in [0.3, 0.4) is 0 Å². The maximum absolute atomic E-state index is 13.6. The molecule has 0 radical (unpaired) electrons. The second-order valence-electron chi connectivity index (χ2n) is 10.7. The maximum Gasteiger partial charge on any atom is 0.226 e. The van der Waals surface area contributed by atoms with E-state index < -0.39 is 0 Å². The van der Waals surface area contributed by atoms with Crippen LogP contribution < -0.4 is 5.32 Å². The van der Waals surface area contributed by atoms with Crippen molar-refractivity contribution >= 4 is 11.8 Å². The van der Waals surface area contributed by atoms with Crippen molar-refractivity contribution in [2.45, 2.75) is 51.1 Å². The molecule has 1 saturated heterocycles. The zero-order valence-corrected chi connectivity index (χ0v) is 22.8. The molecule has 1 unspecified atom stereocenters. The Labute approximate surface area is 227 Å². The number of rotatable bonds is 11. The van der Waals surface area contributed by atoms with Gasteiger partial charge in [0.1, 0.15) is 0 Å². The molecule has 3 aromatic rings. The van der Waals surface area contributed by atoms with Crippen molar-refractivity contribution in [3.8, 4) is 0 Å². The Balaban J connectivity index is 1.35. The smallest absolute Gasteiger partial charge is 0.226 e. The molecule has 3 aromatic carbocycles. The third-order valence-electron chi connectivity index (χ3n) is 7.79. The van der Waals surface area contributed by atoms with E-state index in [0.717, 1.165) is 57.3 Å². The number of nitrogens with one attached hydrogen (secondary N) is 1. The fourth-order valence-corrected chi connectivity index (χ4v) is 5.76. The molecule has 1 atom stereocenters. The third-order valence-corrected chi connectivity index (χ3v) is 7.79. The molecule has 1 N–H and O–H groups in total. The molecule has 1 aliphatic rings. The lowest BCUT2D eigenvalue weighted by atomic mass is 9.80. The average Bonchev–Trinajstić information content (AvgIpc) is 2.94. The van der Waals surface area contributed by atoms with E-state index in [1.165, 1.54) is 11.1 Å². The van der Waals surface area contributed by atoms with Gasteiger partial charge in [-0.15, -0.1) is 0 Å². The number of carbonyl (C=O) groups excluding carboxylic acids is 2. The van der Waals surface area contributed by atoms with Gasteiger partial charge in [-0.2, -0.15) is 0 Å². The van der Waals surface area contributed by atoms with Crippen LogP contribution in [0.5, 0.6) is 0 Å². The quantitative estimate of drug-likeness (QED) is 0.374. The highest BCUT2D eigenvalue weighted by Gasteiger charge is 2.36. The van der Waals surface area contributed by atoms with Crippen LogP contribution in [0.4, 0.5) is 0 Å². The summed E-state index contributed by atoms with van der Waals surface area (Å²) < 4.78 is 0. The van der Waals surface area contributed by atoms with E-state index in [-0.39, 0.29) is 23.3 Å². The van der Waals surface area contributed by atoms with Gasteiger partial charge in [-0.05, 0) is 55.3 Å². The lowest BCUT2D eigenvalue weighted by molar-refractivity contribution is -0.135. The van der Waals surface area contributed by atoms with E-state index in [1.807, 2.05) is 66.5 Å². The number of hydrogen-bond acceptors (Lipinski definition) is 3. The molecule has 4 rings (SSSR count). The van der Waals surface area contributed by atoms with Crippen molar-refractivity contribution in [3.05, 3.63) is 108 Å². The van der Waals surface area contributed by atoms with Crippen molar-refractivity contribution in [3.63, 3.8) is 0 Å². The molecular formula is C33H41N3O2. The lowest BCUT2D eigenvalue weighted by Gasteiger charge is -2.43. The van der Waals surface area contributed by atoms with Crippen LogP contribution in [0.1, 0.15) is 49.3 Å². The van der Waals surface area contributed by atoms with Crippen LogP contribution in [0.25, 0.3) is 0 Å². The van der Waals surface area contributed by atoms with E-state index in [1.54, 1.807) is 6.92 Å². The molecule has 1 aliphatic heterocycles. The van der Waals surface area contributed by atoms with Crippen LogP contribution in [-0.2, 0) is 28.1 Å². The van der Waals surface area contributed by atoms with E-state index in [9.17, 15) is 9.59 Å². The Morgan fingerprint density at radius 1 is 0.868 bits per heavy atom. The summed E-state index contributed by atoms with van der Waals surface area (Å²) in [5.74, 6) is 0.188. The van der Waals surface area contributed by atoms with Crippen LogP contribution in [0.2, 0.25) is 0 Å². The van der Waals surface area contributed by atoms with Crippen molar-refractivity contribution in [1.82, 2.24) is 15.1 Å². The normalized spacial score (nSPS) is 15.9. The molecule has 200 valence electrons. The van der Waals surface area contributed by atoms with Crippen molar-refractivity contribution in [2.75, 3.05) is 26.7 Å². The summed E-state index contributed by atoms with van der Waals surface area (Å²) in [7, 11) is 1.92. The van der Waals surface area contributed by atoms with Gasteiger partial charge >= 0.3 is 0 Å². The molecule has 1 heterocycles. The summed E-state index contributed by atoms with van der Waals surface area (Å²) >= 11 is 0. The fraction of sp³-hybridized carbons (Fsp3) is 0.394. The average molecular weight is 512 g/mol. The van der Waals surface area contributed by atoms with Gasteiger partial charge in [-0.1, -0.05) is 91.0 Å². The Morgan fingerprint density at radius 3 is 2.00 bits per heavy atom. The van der Waals surface area contributed by atoms with Gasteiger partial charge in [0.05, 0.1) is 5.54 Å². The first-order valence-electron chi connectivity index (χ1n) is 13.8. The predicted molar refractivity (Wildman–Crippen MR) is 153 cm³/mol. The SMILES string of the molecule is CC(=O)NC1(c2ccccc2)CCN(CCCC(Cc2ccccc2)C(=O)N(C)Cc2ccccc2)CC1. The van der Waals surface area contributed by atoms with E-state index in [2.05, 4.69) is 46.6 Å². The summed E-state index contributed by atoms with van der Waals surface area (Å²) in [6.45, 7) is 5.06. The summed E-state index contributed by atoms with van der Waals surface area (Å²) in [6, 6.07) is 30.9. The Hall–Kier alpha value is -3.44. The first-order valence-corrected chi connectivity index (χ1v) is 13.8. The first-order chi connectivity index (χ1) is 18.4. The molecule has 0 bridgehead atoms. The number of hydrogen-bond donors (Lipinski definition) is 1. The van der Waals surface area contributed by atoms with E-state index in [4.69, 9.17) is 0 Å². The summed E-state index contributed by atoms with van der Waals surface area (Å²) in [4.78, 5) is 30.0. The van der Waals surface area contributed by atoms with Gasteiger partial charge in [0, 0.05) is 39.5 Å². The molecule has 2 amide bonds. The van der Waals surface area contributed by atoms with Gasteiger partial charge in [0.25, 0.3) is 0 Å². The monoisotopic (exact) mass is 511 g/mol. The minimum atomic E-state index is -0.296. The zero-order chi connectivity index (χ0) is 26.8. The topological polar surface area (TPSA) is 52.7 Å². The largest absolute Gasteiger partial charge is 0.347 e. The van der Waals surface area contributed by atoms with Gasteiger partial charge in [-0.25, -0.2) is 0 Å². The number of amides is 2. The number of benzene rings is 3. The van der Waals surface area contributed by atoms with Crippen LogP contribution in [-0.4, -0.2) is 48.3 Å².